The summed E-state index contributed by atoms with van der Waals surface area (Å²) >= 11 is 10.1. The average Bonchev–Trinajstić information content (AvgIpc) is 3.13. The molecule has 1 amide bonds. The summed E-state index contributed by atoms with van der Waals surface area (Å²) < 4.78 is 37.8. The van der Waals surface area contributed by atoms with Crippen LogP contribution in [0.5, 0.6) is 0 Å². The zero-order chi connectivity index (χ0) is 28.3. The summed E-state index contributed by atoms with van der Waals surface area (Å²) in [7, 11) is 0. The van der Waals surface area contributed by atoms with E-state index in [-0.39, 0.29) is 33.9 Å². The molecule has 4 aromatic rings. The Kier molecular flexibility index (Phi) is 7.40. The molecule has 0 radical (unpaired) electrons. The van der Waals surface area contributed by atoms with Gasteiger partial charge in [-0.3, -0.25) is 5.32 Å². The number of thiophene rings is 1. The molecular weight excluding hydrogens is 661 g/mol. The van der Waals surface area contributed by atoms with Crippen molar-refractivity contribution >= 4 is 83.4 Å². The van der Waals surface area contributed by atoms with Gasteiger partial charge in [-0.25, -0.2) is 9.18 Å². The lowest BCUT2D eigenvalue weighted by molar-refractivity contribution is 0.0447. The maximum absolute atomic E-state index is 16.3. The van der Waals surface area contributed by atoms with E-state index in [4.69, 9.17) is 16.3 Å². The Morgan fingerprint density at radius 1 is 1.31 bits per heavy atom. The Labute approximate surface area is 246 Å². The Balaban J connectivity index is 1.64. The molecule has 0 bridgehead atoms. The molecule has 0 saturated carbocycles. The van der Waals surface area contributed by atoms with Crippen molar-refractivity contribution in [2.75, 3.05) is 23.3 Å². The van der Waals surface area contributed by atoms with Crippen molar-refractivity contribution in [1.29, 1.82) is 0 Å². The van der Waals surface area contributed by atoms with E-state index < -0.39 is 29.2 Å². The minimum atomic E-state index is -1.07. The molecule has 0 spiro atoms. The number of carbonyl (C=O) groups excluding carboxylic acids is 1. The molecular formula is C27H26ClF2IN4O3S. The fourth-order valence-corrected chi connectivity index (χ4v) is 7.37. The molecule has 1 aliphatic rings. The number of hydrogen-bond donors (Lipinski definition) is 2. The molecule has 39 heavy (non-hydrogen) atoms. The van der Waals surface area contributed by atoms with Crippen LogP contribution in [0.4, 0.5) is 24.4 Å². The van der Waals surface area contributed by atoms with E-state index in [9.17, 15) is 14.3 Å². The molecule has 2 N–H and O–H groups in total. The van der Waals surface area contributed by atoms with Crippen molar-refractivity contribution in [3.63, 3.8) is 0 Å². The Morgan fingerprint density at radius 3 is 2.74 bits per heavy atom. The molecule has 5 rings (SSSR count). The van der Waals surface area contributed by atoms with Gasteiger partial charge >= 0.3 is 12.2 Å². The normalized spacial score (nSPS) is 18.1. The third-order valence-corrected chi connectivity index (χ3v) is 9.16. The molecule has 1 fully saturated rings. The number of amides is 1. The van der Waals surface area contributed by atoms with Gasteiger partial charge in [-0.15, -0.1) is 11.3 Å². The minimum Gasteiger partial charge on any atom is -0.444 e. The number of carbonyl (C=O) groups is 1. The summed E-state index contributed by atoms with van der Waals surface area (Å²) in [6.45, 7) is 7.78. The van der Waals surface area contributed by atoms with Crippen molar-refractivity contribution in [2.24, 2.45) is 0 Å². The first kappa shape index (κ1) is 28.2. The Hall–Kier alpha value is -2.35. The number of benzene rings is 2. The molecule has 0 aliphatic carbocycles. The first-order chi connectivity index (χ1) is 18.2. The van der Waals surface area contributed by atoms with Gasteiger partial charge in [0, 0.05) is 34.1 Å². The minimum absolute atomic E-state index is 0.0731. The molecule has 7 nitrogen and oxygen atoms in total. The number of fused-ring (bicyclic) bond motifs is 2. The molecule has 1 atom stereocenters. The number of nitrogens with one attached hydrogen (secondary N) is 1. The first-order valence-corrected chi connectivity index (χ1v) is 14.6. The highest BCUT2D eigenvalue weighted by Crippen LogP contribution is 2.46. The summed E-state index contributed by atoms with van der Waals surface area (Å²) in [5.74, 6) is -0.586. The number of aliphatic hydroxyl groups is 1. The molecule has 2 aromatic carbocycles. The van der Waals surface area contributed by atoms with Crippen LogP contribution >= 0.6 is 45.5 Å². The van der Waals surface area contributed by atoms with E-state index in [1.807, 2.05) is 6.07 Å². The molecule has 1 saturated heterocycles. The van der Waals surface area contributed by atoms with Crippen LogP contribution in [0, 0.1) is 15.5 Å². The van der Waals surface area contributed by atoms with Crippen LogP contribution in [0.3, 0.4) is 0 Å². The molecule has 3 heterocycles. The van der Waals surface area contributed by atoms with E-state index in [0.717, 1.165) is 4.70 Å². The van der Waals surface area contributed by atoms with Gasteiger partial charge in [-0.05, 0) is 80.8 Å². The monoisotopic (exact) mass is 686 g/mol. The fraction of sp³-hybridized carbons (Fsp3) is 0.370. The lowest BCUT2D eigenvalue weighted by Gasteiger charge is -2.37. The maximum Gasteiger partial charge on any atom is 0.412 e. The number of ether oxygens (including phenoxy) is 1. The largest absolute Gasteiger partial charge is 0.444 e. The van der Waals surface area contributed by atoms with Crippen molar-refractivity contribution in [3.8, 4) is 11.1 Å². The topological polar surface area (TPSA) is 87.6 Å². The van der Waals surface area contributed by atoms with E-state index in [2.05, 4.69) is 37.9 Å². The maximum atomic E-state index is 16.3. The zero-order valence-corrected chi connectivity index (χ0v) is 25.4. The Morgan fingerprint density at radius 2 is 2.05 bits per heavy atom. The summed E-state index contributed by atoms with van der Waals surface area (Å²) in [6.07, 6.45) is -0.392. The van der Waals surface area contributed by atoms with E-state index in [1.54, 1.807) is 50.8 Å². The highest BCUT2D eigenvalue weighted by molar-refractivity contribution is 14.1. The second-order valence-corrected chi connectivity index (χ2v) is 13.4. The molecule has 12 heteroatoms. The van der Waals surface area contributed by atoms with E-state index in [0.29, 0.717) is 38.9 Å². The van der Waals surface area contributed by atoms with Gasteiger partial charge in [0.15, 0.2) is 5.82 Å². The third-order valence-electron chi connectivity index (χ3n) is 6.35. The van der Waals surface area contributed by atoms with Gasteiger partial charge in [0.1, 0.15) is 21.9 Å². The van der Waals surface area contributed by atoms with Gasteiger partial charge in [-0.2, -0.15) is 14.4 Å². The van der Waals surface area contributed by atoms with Crippen LogP contribution in [-0.2, 0) is 4.74 Å². The number of aromatic nitrogens is 2. The summed E-state index contributed by atoms with van der Waals surface area (Å²) in [5, 5.41) is 15.0. The summed E-state index contributed by atoms with van der Waals surface area (Å²) in [5.41, 5.74) is -1.29. The van der Waals surface area contributed by atoms with Crippen LogP contribution in [0.2, 0.25) is 5.02 Å². The van der Waals surface area contributed by atoms with Crippen LogP contribution in [-0.4, -0.2) is 45.5 Å². The van der Waals surface area contributed by atoms with Crippen LogP contribution in [0.15, 0.2) is 24.3 Å². The number of nitrogens with zero attached hydrogens (tertiary/aromatic N) is 3. The number of halogens is 4. The van der Waals surface area contributed by atoms with Crippen molar-refractivity contribution < 1.29 is 23.4 Å². The second kappa shape index (κ2) is 10.2. The smallest absolute Gasteiger partial charge is 0.412 e. The van der Waals surface area contributed by atoms with Crippen LogP contribution < -0.4 is 10.2 Å². The summed E-state index contributed by atoms with van der Waals surface area (Å²) in [4.78, 5) is 21.9. The van der Waals surface area contributed by atoms with Gasteiger partial charge in [0.05, 0.1) is 14.2 Å². The lowest BCUT2D eigenvalue weighted by atomic mass is 9.94. The van der Waals surface area contributed by atoms with E-state index in [1.165, 1.54) is 11.3 Å². The second-order valence-electron chi connectivity index (χ2n) is 10.8. The predicted molar refractivity (Wildman–Crippen MR) is 160 cm³/mol. The fourth-order valence-electron chi connectivity index (χ4n) is 4.84. The van der Waals surface area contributed by atoms with Gasteiger partial charge in [0.2, 0.25) is 0 Å². The zero-order valence-electron chi connectivity index (χ0n) is 21.7. The highest BCUT2D eigenvalue weighted by Gasteiger charge is 2.31. The number of piperidine rings is 1. The van der Waals surface area contributed by atoms with Gasteiger partial charge < -0.3 is 14.7 Å². The predicted octanol–water partition coefficient (Wildman–Crippen LogP) is 7.75. The van der Waals surface area contributed by atoms with Crippen molar-refractivity contribution in [1.82, 2.24) is 9.97 Å². The SMILES string of the molecule is CC(C)(C)OC(=O)Nc1sc2cccc(-c3c(Cl)cc4c(N5CCC[C@@](C)(O)C5)nc(F)nc4c3F)c2c1I. The number of rotatable bonds is 3. The van der Waals surface area contributed by atoms with Gasteiger partial charge in [-0.1, -0.05) is 23.7 Å². The molecule has 206 valence electrons. The van der Waals surface area contributed by atoms with Crippen molar-refractivity contribution in [3.05, 3.63) is 44.8 Å². The third kappa shape index (κ3) is 5.63. The van der Waals surface area contributed by atoms with E-state index >= 15 is 4.39 Å². The average molecular weight is 687 g/mol. The number of anilines is 2. The number of hydrogen-bond acceptors (Lipinski definition) is 7. The molecule has 0 unspecified atom stereocenters. The quantitative estimate of drug-likeness (QED) is 0.169. The first-order valence-electron chi connectivity index (χ1n) is 12.3. The molecule has 1 aliphatic heterocycles. The standard InChI is InChI=1S/C27H26ClF2IN4O3S/c1-26(2,3)38-25(36)34-23-20(31)18-13(7-5-8-16(18)39-23)17-15(28)11-14-21(19(17)29)32-24(30)33-22(14)35-10-6-9-27(4,37)12-35/h5,7-8,11,37H,6,9-10,12H2,1-4H3,(H,34,36)/t27-/m1/s1. The number of β-amino-alcohol motifs (C(OH)–C–C–N with tert-alkyl or cyclic N) is 1. The lowest BCUT2D eigenvalue weighted by Crippen LogP contribution is -2.46. The highest BCUT2D eigenvalue weighted by atomic mass is 127. The van der Waals surface area contributed by atoms with Crippen LogP contribution in [0.25, 0.3) is 32.1 Å². The van der Waals surface area contributed by atoms with Gasteiger partial charge in [0.25, 0.3) is 0 Å². The Bertz CT molecular complexity index is 1620. The van der Waals surface area contributed by atoms with Crippen LogP contribution in [0.1, 0.15) is 40.5 Å². The summed E-state index contributed by atoms with van der Waals surface area (Å²) in [6, 6.07) is 6.90. The molecule has 2 aromatic heterocycles. The van der Waals surface area contributed by atoms with Crippen molar-refractivity contribution in [2.45, 2.75) is 51.7 Å².